The molecule has 1 aromatic carbocycles. The number of nitro groups is 1. The number of hydrogen-bond acceptors (Lipinski definition) is 5. The molecule has 8 heteroatoms. The quantitative estimate of drug-likeness (QED) is 0.645. The van der Waals surface area contributed by atoms with Gasteiger partial charge in [0.25, 0.3) is 5.69 Å². The smallest absolute Gasteiger partial charge is 0.292 e. The number of rotatable bonds is 4. The lowest BCUT2D eigenvalue weighted by atomic mass is 10.2. The van der Waals surface area contributed by atoms with E-state index in [0.29, 0.717) is 6.04 Å². The number of nitrogens with one attached hydrogen (secondary N) is 2. The van der Waals surface area contributed by atoms with Crippen molar-refractivity contribution in [1.29, 1.82) is 0 Å². The van der Waals surface area contributed by atoms with Crippen molar-refractivity contribution >= 4 is 29.7 Å². The third-order valence-corrected chi connectivity index (χ3v) is 3.19. The van der Waals surface area contributed by atoms with Crippen molar-refractivity contribution < 1.29 is 9.72 Å². The highest BCUT2D eigenvalue weighted by Gasteiger charge is 2.20. The van der Waals surface area contributed by atoms with Crippen molar-refractivity contribution in [2.45, 2.75) is 13.0 Å². The van der Waals surface area contributed by atoms with Crippen molar-refractivity contribution in [3.8, 4) is 0 Å². The Hall–Kier alpha value is -1.70. The molecule has 0 radical (unpaired) electrons. The van der Waals surface area contributed by atoms with E-state index in [9.17, 15) is 14.9 Å². The van der Waals surface area contributed by atoms with E-state index in [1.54, 1.807) is 12.1 Å². The zero-order chi connectivity index (χ0) is 14.5. The van der Waals surface area contributed by atoms with Gasteiger partial charge in [-0.2, -0.15) is 0 Å². The molecule has 1 aliphatic heterocycles. The van der Waals surface area contributed by atoms with Gasteiger partial charge in [0.2, 0.25) is 5.91 Å². The van der Waals surface area contributed by atoms with E-state index in [0.717, 1.165) is 19.6 Å². The van der Waals surface area contributed by atoms with E-state index in [1.807, 2.05) is 4.90 Å². The molecular formula is C13H19ClN4O3. The van der Waals surface area contributed by atoms with Gasteiger partial charge in [-0.25, -0.2) is 0 Å². The molecule has 1 saturated heterocycles. The molecule has 7 nitrogen and oxygen atoms in total. The molecular weight excluding hydrogens is 296 g/mol. The second-order valence-electron chi connectivity index (χ2n) is 4.91. The Morgan fingerprint density at radius 3 is 2.90 bits per heavy atom. The molecule has 1 aromatic rings. The Balaban J connectivity index is 0.00000220. The van der Waals surface area contributed by atoms with Gasteiger partial charge in [-0.3, -0.25) is 19.8 Å². The van der Waals surface area contributed by atoms with Crippen LogP contribution in [-0.2, 0) is 4.79 Å². The minimum Gasteiger partial charge on any atom is -0.319 e. The molecule has 2 N–H and O–H groups in total. The molecule has 0 bridgehead atoms. The first kappa shape index (κ1) is 17.4. The van der Waals surface area contributed by atoms with E-state index in [-0.39, 0.29) is 36.2 Å². The van der Waals surface area contributed by atoms with Crippen LogP contribution in [0.3, 0.4) is 0 Å². The molecule has 21 heavy (non-hydrogen) atoms. The molecule has 1 atom stereocenters. The third kappa shape index (κ3) is 4.96. The summed E-state index contributed by atoms with van der Waals surface area (Å²) in [5.41, 5.74) is 0.153. The number of para-hydroxylation sites is 2. The second-order valence-corrected chi connectivity index (χ2v) is 4.91. The van der Waals surface area contributed by atoms with Crippen LogP contribution in [0, 0.1) is 10.1 Å². The van der Waals surface area contributed by atoms with Crippen molar-refractivity contribution in [1.82, 2.24) is 10.2 Å². The Labute approximate surface area is 129 Å². The fraction of sp³-hybridized carbons (Fsp3) is 0.462. The predicted molar refractivity (Wildman–Crippen MR) is 82.9 cm³/mol. The number of nitrogens with zero attached hydrogens (tertiary/aromatic N) is 2. The molecule has 0 spiro atoms. The van der Waals surface area contributed by atoms with E-state index >= 15 is 0 Å². The van der Waals surface area contributed by atoms with Crippen molar-refractivity contribution in [2.24, 2.45) is 0 Å². The van der Waals surface area contributed by atoms with Gasteiger partial charge in [0, 0.05) is 31.7 Å². The minimum absolute atomic E-state index is 0. The van der Waals surface area contributed by atoms with E-state index < -0.39 is 4.92 Å². The Bertz CT molecular complexity index is 512. The summed E-state index contributed by atoms with van der Waals surface area (Å²) in [5.74, 6) is -0.228. The summed E-state index contributed by atoms with van der Waals surface area (Å²) in [5, 5.41) is 16.8. The van der Waals surface area contributed by atoms with Crippen LogP contribution in [0.5, 0.6) is 0 Å². The normalized spacial score (nSPS) is 18.6. The Morgan fingerprint density at radius 1 is 1.52 bits per heavy atom. The first-order chi connectivity index (χ1) is 9.56. The van der Waals surface area contributed by atoms with Gasteiger partial charge in [0.15, 0.2) is 0 Å². The van der Waals surface area contributed by atoms with Gasteiger partial charge in [0.1, 0.15) is 5.69 Å². The third-order valence-electron chi connectivity index (χ3n) is 3.19. The SMILES string of the molecule is CC1CN(CC(=O)Nc2ccccc2[N+](=O)[O-])CCN1.Cl. The van der Waals surface area contributed by atoms with Gasteiger partial charge in [0.05, 0.1) is 11.5 Å². The molecule has 116 valence electrons. The monoisotopic (exact) mass is 314 g/mol. The average molecular weight is 315 g/mol. The number of amides is 1. The number of benzene rings is 1. The standard InChI is InChI=1S/C13H18N4O3.ClH/c1-10-8-16(7-6-14-10)9-13(18)15-11-4-2-3-5-12(11)17(19)20;/h2-5,10,14H,6-9H2,1H3,(H,15,18);1H. The average Bonchev–Trinajstić information content (AvgIpc) is 2.38. The molecule has 1 aliphatic rings. The van der Waals surface area contributed by atoms with Gasteiger partial charge in [-0.05, 0) is 13.0 Å². The second kappa shape index (κ2) is 7.92. The first-order valence-electron chi connectivity index (χ1n) is 6.55. The highest BCUT2D eigenvalue weighted by Crippen LogP contribution is 2.22. The highest BCUT2D eigenvalue weighted by atomic mass is 35.5. The van der Waals surface area contributed by atoms with Gasteiger partial charge in [-0.1, -0.05) is 12.1 Å². The van der Waals surface area contributed by atoms with Gasteiger partial charge >= 0.3 is 0 Å². The lowest BCUT2D eigenvalue weighted by Gasteiger charge is -2.31. The highest BCUT2D eigenvalue weighted by molar-refractivity contribution is 5.94. The van der Waals surface area contributed by atoms with Crippen LogP contribution in [0.4, 0.5) is 11.4 Å². The fourth-order valence-electron chi connectivity index (χ4n) is 2.29. The van der Waals surface area contributed by atoms with Crippen LogP contribution in [-0.4, -0.2) is 48.0 Å². The largest absolute Gasteiger partial charge is 0.319 e. The number of carbonyl (C=O) groups excluding carboxylic acids is 1. The van der Waals surface area contributed by atoms with Gasteiger partial charge in [-0.15, -0.1) is 12.4 Å². The van der Waals surface area contributed by atoms with E-state index in [2.05, 4.69) is 17.6 Å². The number of piperazine rings is 1. The zero-order valence-corrected chi connectivity index (χ0v) is 12.6. The number of anilines is 1. The lowest BCUT2D eigenvalue weighted by Crippen LogP contribution is -2.51. The van der Waals surface area contributed by atoms with Crippen molar-refractivity contribution in [3.63, 3.8) is 0 Å². The van der Waals surface area contributed by atoms with Crippen LogP contribution in [0.15, 0.2) is 24.3 Å². The van der Waals surface area contributed by atoms with Gasteiger partial charge < -0.3 is 10.6 Å². The predicted octanol–water partition coefficient (Wildman–Crippen LogP) is 1.25. The summed E-state index contributed by atoms with van der Waals surface area (Å²) in [6.07, 6.45) is 0. The molecule has 2 rings (SSSR count). The zero-order valence-electron chi connectivity index (χ0n) is 11.7. The van der Waals surface area contributed by atoms with Crippen molar-refractivity contribution in [2.75, 3.05) is 31.5 Å². The maximum absolute atomic E-state index is 12.0. The van der Waals surface area contributed by atoms with Crippen LogP contribution in [0.25, 0.3) is 0 Å². The summed E-state index contributed by atoms with van der Waals surface area (Å²) in [6.45, 7) is 4.75. The molecule has 0 aromatic heterocycles. The topological polar surface area (TPSA) is 87.5 Å². The molecule has 1 amide bonds. The summed E-state index contributed by atoms with van der Waals surface area (Å²) in [7, 11) is 0. The van der Waals surface area contributed by atoms with E-state index in [1.165, 1.54) is 12.1 Å². The van der Waals surface area contributed by atoms with E-state index in [4.69, 9.17) is 0 Å². The van der Waals surface area contributed by atoms with Crippen LogP contribution in [0.1, 0.15) is 6.92 Å². The molecule has 0 saturated carbocycles. The summed E-state index contributed by atoms with van der Waals surface area (Å²) in [6, 6.07) is 6.50. The fourth-order valence-corrected chi connectivity index (χ4v) is 2.29. The summed E-state index contributed by atoms with van der Waals surface area (Å²) >= 11 is 0. The molecule has 0 aliphatic carbocycles. The minimum atomic E-state index is -0.498. The maximum Gasteiger partial charge on any atom is 0.292 e. The number of carbonyl (C=O) groups is 1. The molecule has 1 fully saturated rings. The lowest BCUT2D eigenvalue weighted by molar-refractivity contribution is -0.383. The first-order valence-corrected chi connectivity index (χ1v) is 6.55. The summed E-state index contributed by atoms with van der Waals surface area (Å²) < 4.78 is 0. The number of nitro benzene ring substituents is 1. The van der Waals surface area contributed by atoms with Crippen LogP contribution in [0.2, 0.25) is 0 Å². The van der Waals surface area contributed by atoms with Crippen LogP contribution >= 0.6 is 12.4 Å². The number of hydrogen-bond donors (Lipinski definition) is 2. The summed E-state index contributed by atoms with van der Waals surface area (Å²) in [4.78, 5) is 24.4. The maximum atomic E-state index is 12.0. The Kier molecular flexibility index (Phi) is 6.54. The number of halogens is 1. The molecule has 1 unspecified atom stereocenters. The molecule has 1 heterocycles. The Morgan fingerprint density at radius 2 is 2.24 bits per heavy atom. The van der Waals surface area contributed by atoms with Crippen molar-refractivity contribution in [3.05, 3.63) is 34.4 Å². The van der Waals surface area contributed by atoms with Crippen LogP contribution < -0.4 is 10.6 Å².